The first-order valence-electron chi connectivity index (χ1n) is 8.84. The van der Waals surface area contributed by atoms with E-state index in [1.165, 1.54) is 15.8 Å². The maximum atomic E-state index is 10.2. The highest BCUT2D eigenvalue weighted by molar-refractivity contribution is 7.17. The molecule has 2 N–H and O–H groups in total. The summed E-state index contributed by atoms with van der Waals surface area (Å²) in [6.07, 6.45) is 2.10. The first kappa shape index (κ1) is 19.2. The molecule has 1 heterocycles. The van der Waals surface area contributed by atoms with Crippen LogP contribution in [0.5, 0.6) is 5.75 Å². The highest BCUT2D eigenvalue weighted by Gasteiger charge is 2.25. The number of halogens is 1. The zero-order chi connectivity index (χ0) is 17.2. The highest BCUT2D eigenvalue weighted by Crippen LogP contribution is 2.30. The fourth-order valence-corrected chi connectivity index (χ4v) is 4.35. The van der Waals surface area contributed by atoms with Crippen LogP contribution in [0.1, 0.15) is 24.5 Å². The van der Waals surface area contributed by atoms with Crippen LogP contribution in [-0.2, 0) is 12.8 Å². The molecule has 138 valence electrons. The highest BCUT2D eigenvalue weighted by atomic mass is 35.5. The van der Waals surface area contributed by atoms with E-state index in [4.69, 9.17) is 4.74 Å². The zero-order valence-corrected chi connectivity index (χ0v) is 16.4. The van der Waals surface area contributed by atoms with Crippen molar-refractivity contribution in [3.63, 3.8) is 0 Å². The molecule has 0 amide bonds. The fourth-order valence-electron chi connectivity index (χ4n) is 3.55. The molecule has 1 aliphatic rings. The lowest BCUT2D eigenvalue weighted by Crippen LogP contribution is -2.49. The van der Waals surface area contributed by atoms with Gasteiger partial charge in [0.2, 0.25) is 0 Å². The number of fused-ring (bicyclic) bond motifs is 2. The number of benzene rings is 2. The van der Waals surface area contributed by atoms with Crippen molar-refractivity contribution in [1.82, 2.24) is 5.32 Å². The Labute approximate surface area is 164 Å². The van der Waals surface area contributed by atoms with Gasteiger partial charge in [0.15, 0.2) is 6.23 Å². The number of thiophene rings is 1. The lowest BCUT2D eigenvalue weighted by molar-refractivity contribution is 0.0189. The minimum Gasteiger partial charge on any atom is -0.472 e. The van der Waals surface area contributed by atoms with Gasteiger partial charge in [-0.05, 0) is 60.9 Å². The summed E-state index contributed by atoms with van der Waals surface area (Å²) in [6.45, 7) is 1.78. The molecule has 3 nitrogen and oxygen atoms in total. The molecule has 26 heavy (non-hydrogen) atoms. The first-order valence-corrected chi connectivity index (χ1v) is 9.72. The van der Waals surface area contributed by atoms with Crippen molar-refractivity contribution < 1.29 is 9.84 Å². The summed E-state index contributed by atoms with van der Waals surface area (Å²) in [5.41, 5.74) is 2.84. The summed E-state index contributed by atoms with van der Waals surface area (Å²) in [7, 11) is 0. The fraction of sp³-hybridized carbons (Fsp3) is 0.333. The number of aliphatic hydroxyl groups excluding tert-OH is 1. The largest absolute Gasteiger partial charge is 0.472 e. The summed E-state index contributed by atoms with van der Waals surface area (Å²) in [6, 6.07) is 17.1. The molecule has 0 saturated carbocycles. The Morgan fingerprint density at radius 1 is 1.12 bits per heavy atom. The van der Waals surface area contributed by atoms with Crippen molar-refractivity contribution in [2.45, 2.75) is 44.6 Å². The van der Waals surface area contributed by atoms with E-state index in [1.807, 2.05) is 12.1 Å². The van der Waals surface area contributed by atoms with Crippen molar-refractivity contribution in [1.29, 1.82) is 0 Å². The summed E-state index contributed by atoms with van der Waals surface area (Å²) in [5, 5.41) is 16.9. The predicted octanol–water partition coefficient (Wildman–Crippen LogP) is 4.56. The Kier molecular flexibility index (Phi) is 6.20. The number of ether oxygens (including phenoxy) is 1. The Morgan fingerprint density at radius 2 is 1.92 bits per heavy atom. The molecule has 3 unspecified atom stereocenters. The van der Waals surface area contributed by atoms with Crippen LogP contribution in [-0.4, -0.2) is 23.5 Å². The molecule has 3 aromatic rings. The van der Waals surface area contributed by atoms with Crippen LogP contribution in [0.25, 0.3) is 10.1 Å². The second-order valence-corrected chi connectivity index (χ2v) is 7.69. The molecule has 0 saturated heterocycles. The van der Waals surface area contributed by atoms with Gasteiger partial charge in [0.1, 0.15) is 11.9 Å². The summed E-state index contributed by atoms with van der Waals surface area (Å²) in [5.74, 6) is 0.827. The summed E-state index contributed by atoms with van der Waals surface area (Å²) < 4.78 is 7.39. The van der Waals surface area contributed by atoms with Gasteiger partial charge in [-0.1, -0.05) is 30.3 Å². The van der Waals surface area contributed by atoms with Gasteiger partial charge in [0, 0.05) is 16.1 Å². The maximum Gasteiger partial charge on any atom is 0.176 e. The Bertz CT molecular complexity index is 864. The Balaban J connectivity index is 0.00000196. The third kappa shape index (κ3) is 4.04. The Hall–Kier alpha value is -1.59. The van der Waals surface area contributed by atoms with E-state index >= 15 is 0 Å². The van der Waals surface area contributed by atoms with Gasteiger partial charge in [-0.3, -0.25) is 5.32 Å². The van der Waals surface area contributed by atoms with Crippen LogP contribution in [0.2, 0.25) is 0 Å². The van der Waals surface area contributed by atoms with Crippen molar-refractivity contribution in [3.8, 4) is 5.75 Å². The summed E-state index contributed by atoms with van der Waals surface area (Å²) in [4.78, 5) is 0. The lowest BCUT2D eigenvalue weighted by atomic mass is 9.88. The van der Waals surface area contributed by atoms with E-state index in [0.29, 0.717) is 6.04 Å². The predicted molar refractivity (Wildman–Crippen MR) is 111 cm³/mol. The second kappa shape index (κ2) is 8.40. The van der Waals surface area contributed by atoms with Crippen LogP contribution >= 0.6 is 23.7 Å². The standard InChI is InChI=1S/C21H23NO2S.ClH/c1-14(23)21(24-19-7-4-8-20-18(19)11-12-25-20)22-17-10-9-15-5-2-3-6-16(15)13-17;/h2-8,11-12,14,17,21-23H,9-10,13H2,1H3;1H. The van der Waals surface area contributed by atoms with Gasteiger partial charge < -0.3 is 9.84 Å². The second-order valence-electron chi connectivity index (χ2n) is 6.74. The smallest absolute Gasteiger partial charge is 0.176 e. The van der Waals surface area contributed by atoms with E-state index in [-0.39, 0.29) is 12.4 Å². The lowest BCUT2D eigenvalue weighted by Gasteiger charge is -2.31. The Morgan fingerprint density at radius 3 is 2.73 bits per heavy atom. The minimum atomic E-state index is -0.592. The van der Waals surface area contributed by atoms with E-state index in [1.54, 1.807) is 18.3 Å². The molecule has 5 heteroatoms. The molecular formula is C21H24ClNO2S. The van der Waals surface area contributed by atoms with Gasteiger partial charge in [0.05, 0.1) is 0 Å². The topological polar surface area (TPSA) is 41.5 Å². The molecule has 4 rings (SSSR count). The quantitative estimate of drug-likeness (QED) is 0.629. The molecule has 1 aromatic heterocycles. The first-order chi connectivity index (χ1) is 12.2. The van der Waals surface area contributed by atoms with Gasteiger partial charge in [-0.2, -0.15) is 0 Å². The number of aryl methyl sites for hydroxylation is 1. The van der Waals surface area contributed by atoms with Crippen LogP contribution in [0.4, 0.5) is 0 Å². The molecule has 0 fully saturated rings. The van der Waals surface area contributed by atoms with Gasteiger partial charge >= 0.3 is 0 Å². The summed E-state index contributed by atoms with van der Waals surface area (Å²) >= 11 is 1.70. The average molecular weight is 390 g/mol. The molecule has 0 radical (unpaired) electrons. The number of nitrogens with one attached hydrogen (secondary N) is 1. The normalized spacial score (nSPS) is 18.6. The van der Waals surface area contributed by atoms with Gasteiger partial charge in [0.25, 0.3) is 0 Å². The maximum absolute atomic E-state index is 10.2. The molecule has 2 aromatic carbocycles. The number of hydrogen-bond donors (Lipinski definition) is 2. The van der Waals surface area contributed by atoms with E-state index in [9.17, 15) is 5.11 Å². The SMILES string of the molecule is CC(O)C(NC1CCc2ccccc2C1)Oc1cccc2sccc12.Cl. The number of rotatable bonds is 5. The van der Waals surface area contributed by atoms with Crippen molar-refractivity contribution in [2.24, 2.45) is 0 Å². The number of aliphatic hydroxyl groups is 1. The van der Waals surface area contributed by atoms with Crippen molar-refractivity contribution in [2.75, 3.05) is 0 Å². The van der Waals surface area contributed by atoms with Crippen LogP contribution in [0.3, 0.4) is 0 Å². The van der Waals surface area contributed by atoms with E-state index in [2.05, 4.69) is 47.1 Å². The molecular weight excluding hydrogens is 366 g/mol. The zero-order valence-electron chi connectivity index (χ0n) is 14.7. The van der Waals surface area contributed by atoms with E-state index < -0.39 is 12.3 Å². The van der Waals surface area contributed by atoms with Gasteiger partial charge in [-0.15, -0.1) is 23.7 Å². The van der Waals surface area contributed by atoms with Crippen molar-refractivity contribution >= 4 is 33.8 Å². The van der Waals surface area contributed by atoms with Crippen LogP contribution in [0, 0.1) is 0 Å². The van der Waals surface area contributed by atoms with Crippen LogP contribution in [0.15, 0.2) is 53.9 Å². The van der Waals surface area contributed by atoms with Crippen LogP contribution < -0.4 is 10.1 Å². The minimum absolute atomic E-state index is 0. The average Bonchev–Trinajstić information content (AvgIpc) is 3.10. The molecule has 0 bridgehead atoms. The number of hydrogen-bond acceptors (Lipinski definition) is 4. The molecule has 3 atom stereocenters. The molecule has 0 aliphatic heterocycles. The van der Waals surface area contributed by atoms with Crippen molar-refractivity contribution in [3.05, 3.63) is 65.0 Å². The molecule has 1 aliphatic carbocycles. The van der Waals surface area contributed by atoms with E-state index in [0.717, 1.165) is 30.4 Å². The third-order valence-electron chi connectivity index (χ3n) is 4.89. The monoisotopic (exact) mass is 389 g/mol. The van der Waals surface area contributed by atoms with Gasteiger partial charge in [-0.25, -0.2) is 0 Å². The molecule has 0 spiro atoms. The third-order valence-corrected chi connectivity index (χ3v) is 5.78.